The number of nitrogens with zero attached hydrogens (tertiary/aromatic N) is 1. The summed E-state index contributed by atoms with van der Waals surface area (Å²) in [6.07, 6.45) is 3.98. The van der Waals surface area contributed by atoms with Crippen LogP contribution in [-0.4, -0.2) is 29.3 Å². The molecule has 0 aliphatic rings. The van der Waals surface area contributed by atoms with Crippen molar-refractivity contribution in [1.82, 2.24) is 4.98 Å². The molecule has 28 heavy (non-hydrogen) atoms. The summed E-state index contributed by atoms with van der Waals surface area (Å²) >= 11 is 3.26. The summed E-state index contributed by atoms with van der Waals surface area (Å²) in [5.74, 6) is -0.730. The average Bonchev–Trinajstić information content (AvgIpc) is 2.75. The maximum Gasteiger partial charge on any atom is 0.274 e. The lowest BCUT2D eigenvalue weighted by Gasteiger charge is -2.08. The van der Waals surface area contributed by atoms with Crippen molar-refractivity contribution in [2.75, 3.05) is 23.1 Å². The van der Waals surface area contributed by atoms with Gasteiger partial charge in [0.1, 0.15) is 11.4 Å². The van der Waals surface area contributed by atoms with Gasteiger partial charge >= 0.3 is 0 Å². The van der Waals surface area contributed by atoms with E-state index in [9.17, 15) is 9.59 Å². The van der Waals surface area contributed by atoms with Crippen LogP contribution in [0.2, 0.25) is 0 Å². The molecule has 0 radical (unpaired) electrons. The molecule has 0 saturated carbocycles. The lowest BCUT2D eigenvalue weighted by molar-refractivity contribution is 0.101. The van der Waals surface area contributed by atoms with Gasteiger partial charge in [-0.1, -0.05) is 6.07 Å². The number of anilines is 2. The summed E-state index contributed by atoms with van der Waals surface area (Å²) in [6, 6.07) is 19.9. The molecule has 142 valence electrons. The Hall–Kier alpha value is -2.77. The van der Waals surface area contributed by atoms with Crippen molar-refractivity contribution in [1.29, 1.82) is 0 Å². The van der Waals surface area contributed by atoms with Gasteiger partial charge in [-0.2, -0.15) is 0 Å². The minimum absolute atomic E-state index is 0.180. The van der Waals surface area contributed by atoms with Crippen molar-refractivity contribution >= 4 is 46.7 Å². The zero-order chi connectivity index (χ0) is 19.9. The fourth-order valence-corrected chi connectivity index (χ4v) is 3.24. The minimum atomic E-state index is -0.365. The highest BCUT2D eigenvalue weighted by molar-refractivity contribution is 7.98. The second kappa shape index (κ2) is 9.43. The van der Waals surface area contributed by atoms with Crippen LogP contribution < -0.4 is 10.6 Å². The van der Waals surface area contributed by atoms with E-state index in [1.165, 1.54) is 0 Å². The van der Waals surface area contributed by atoms with Gasteiger partial charge in [0.25, 0.3) is 11.8 Å². The topological polar surface area (TPSA) is 71.1 Å². The van der Waals surface area contributed by atoms with Crippen LogP contribution in [0, 0.1) is 0 Å². The van der Waals surface area contributed by atoms with Gasteiger partial charge < -0.3 is 10.6 Å². The molecule has 3 rings (SSSR count). The predicted octanol–water partition coefficient (Wildman–Crippen LogP) is 5.03. The molecule has 2 amide bonds. The Bertz CT molecular complexity index is 897. The summed E-state index contributed by atoms with van der Waals surface area (Å²) < 4.78 is 0. The molecule has 0 spiro atoms. The monoisotopic (exact) mass is 409 g/mol. The number of rotatable bonds is 6. The molecule has 0 aliphatic carbocycles. The summed E-state index contributed by atoms with van der Waals surface area (Å²) in [4.78, 5) is 31.3. The second-order valence-electron chi connectivity index (χ2n) is 5.77. The van der Waals surface area contributed by atoms with Gasteiger partial charge in [-0.3, -0.25) is 9.59 Å². The zero-order valence-corrected chi connectivity index (χ0v) is 17.1. The Labute approximate surface area is 172 Å². The molecule has 0 atom stereocenters. The third kappa shape index (κ3) is 5.15. The summed E-state index contributed by atoms with van der Waals surface area (Å²) in [5, 5.41) is 5.59. The molecule has 2 N–H and O–H groups in total. The number of carbonyl (C=O) groups is 2. The first kappa shape index (κ1) is 20.0. The highest BCUT2D eigenvalue weighted by Gasteiger charge is 2.13. The molecular weight excluding hydrogens is 390 g/mol. The van der Waals surface area contributed by atoms with Crippen molar-refractivity contribution in [3.05, 3.63) is 78.1 Å². The van der Waals surface area contributed by atoms with E-state index in [2.05, 4.69) is 15.6 Å². The first-order chi connectivity index (χ1) is 13.6. The highest BCUT2D eigenvalue weighted by atomic mass is 32.2. The zero-order valence-electron chi connectivity index (χ0n) is 15.4. The molecule has 1 heterocycles. The molecule has 0 bridgehead atoms. The summed E-state index contributed by atoms with van der Waals surface area (Å²) in [7, 11) is 0. The molecule has 2 aromatic carbocycles. The van der Waals surface area contributed by atoms with Crippen molar-refractivity contribution < 1.29 is 9.59 Å². The smallest absolute Gasteiger partial charge is 0.274 e. The molecule has 1 aromatic heterocycles. The van der Waals surface area contributed by atoms with E-state index < -0.39 is 0 Å². The predicted molar refractivity (Wildman–Crippen MR) is 117 cm³/mol. The largest absolute Gasteiger partial charge is 0.321 e. The molecular formula is C21H19N3O2S2. The molecule has 0 aliphatic heterocycles. The number of nitrogens with one attached hydrogen (secondary N) is 2. The Morgan fingerprint density at radius 1 is 0.679 bits per heavy atom. The summed E-state index contributed by atoms with van der Waals surface area (Å²) in [5.41, 5.74) is 1.71. The van der Waals surface area contributed by atoms with Gasteiger partial charge in [0, 0.05) is 21.2 Å². The van der Waals surface area contributed by atoms with E-state index in [1.807, 2.05) is 61.0 Å². The number of carbonyl (C=O) groups excluding carboxylic acids is 2. The van der Waals surface area contributed by atoms with Crippen LogP contribution in [0.4, 0.5) is 11.4 Å². The lowest BCUT2D eigenvalue weighted by Crippen LogP contribution is -2.18. The van der Waals surface area contributed by atoms with Gasteiger partial charge in [0.2, 0.25) is 0 Å². The van der Waals surface area contributed by atoms with Gasteiger partial charge in [-0.05, 0) is 73.2 Å². The Morgan fingerprint density at radius 2 is 1.07 bits per heavy atom. The van der Waals surface area contributed by atoms with Crippen LogP contribution in [0.3, 0.4) is 0 Å². The Balaban J connectivity index is 1.69. The molecule has 7 heteroatoms. The number of benzene rings is 2. The number of hydrogen-bond donors (Lipinski definition) is 2. The highest BCUT2D eigenvalue weighted by Crippen LogP contribution is 2.19. The van der Waals surface area contributed by atoms with Crippen molar-refractivity contribution in [3.63, 3.8) is 0 Å². The molecule has 0 unspecified atom stereocenters. The van der Waals surface area contributed by atoms with Crippen LogP contribution >= 0.6 is 23.5 Å². The van der Waals surface area contributed by atoms with E-state index in [1.54, 1.807) is 41.7 Å². The van der Waals surface area contributed by atoms with Gasteiger partial charge in [-0.15, -0.1) is 23.5 Å². The maximum atomic E-state index is 12.5. The van der Waals surface area contributed by atoms with Crippen molar-refractivity contribution in [2.24, 2.45) is 0 Å². The van der Waals surface area contributed by atoms with Crippen molar-refractivity contribution in [2.45, 2.75) is 9.79 Å². The molecule has 0 fully saturated rings. The van der Waals surface area contributed by atoms with Crippen LogP contribution in [0.1, 0.15) is 21.0 Å². The third-order valence-corrected chi connectivity index (χ3v) is 5.40. The first-order valence-corrected chi connectivity index (χ1v) is 10.9. The second-order valence-corrected chi connectivity index (χ2v) is 7.53. The van der Waals surface area contributed by atoms with Crippen LogP contribution in [-0.2, 0) is 0 Å². The number of pyridine rings is 1. The fourth-order valence-electron chi connectivity index (χ4n) is 2.43. The molecule has 5 nitrogen and oxygen atoms in total. The van der Waals surface area contributed by atoms with Crippen LogP contribution in [0.5, 0.6) is 0 Å². The van der Waals surface area contributed by atoms with E-state index in [0.29, 0.717) is 11.4 Å². The maximum absolute atomic E-state index is 12.5. The lowest BCUT2D eigenvalue weighted by atomic mass is 10.2. The van der Waals surface area contributed by atoms with Gasteiger partial charge in [-0.25, -0.2) is 4.98 Å². The van der Waals surface area contributed by atoms with E-state index >= 15 is 0 Å². The Morgan fingerprint density at radius 3 is 1.43 bits per heavy atom. The number of aromatic nitrogens is 1. The van der Waals surface area contributed by atoms with E-state index in [-0.39, 0.29) is 23.2 Å². The van der Waals surface area contributed by atoms with Crippen LogP contribution in [0.15, 0.2) is 76.5 Å². The van der Waals surface area contributed by atoms with Gasteiger partial charge in [0.05, 0.1) is 0 Å². The third-order valence-electron chi connectivity index (χ3n) is 3.91. The van der Waals surface area contributed by atoms with Gasteiger partial charge in [0.15, 0.2) is 0 Å². The minimum Gasteiger partial charge on any atom is -0.321 e. The summed E-state index contributed by atoms with van der Waals surface area (Å²) in [6.45, 7) is 0. The van der Waals surface area contributed by atoms with Crippen molar-refractivity contribution in [3.8, 4) is 0 Å². The number of hydrogen-bond acceptors (Lipinski definition) is 5. The number of amides is 2. The standard InChI is InChI=1S/C21H19N3O2S2/c1-27-16-10-6-14(7-11-16)22-20(25)18-4-3-5-19(24-18)21(26)23-15-8-12-17(28-2)13-9-15/h3-13H,1-2H3,(H,22,25)(H,23,26). The normalized spacial score (nSPS) is 10.4. The SMILES string of the molecule is CSc1ccc(NC(=O)c2cccc(C(=O)Nc3ccc(SC)cc3)n2)cc1. The first-order valence-electron chi connectivity index (χ1n) is 8.47. The van der Waals surface area contributed by atoms with Crippen LogP contribution in [0.25, 0.3) is 0 Å². The van der Waals surface area contributed by atoms with E-state index in [4.69, 9.17) is 0 Å². The van der Waals surface area contributed by atoms with E-state index in [0.717, 1.165) is 9.79 Å². The average molecular weight is 410 g/mol. The number of thioether (sulfide) groups is 2. The quantitative estimate of drug-likeness (QED) is 0.559. The fraction of sp³-hybridized carbons (Fsp3) is 0.0952. The Kier molecular flexibility index (Phi) is 6.73. The molecule has 3 aromatic rings. The molecule has 0 saturated heterocycles.